The maximum Gasteiger partial charge on any atom is 0.373 e. The number of esters is 1. The highest BCUT2D eigenvalue weighted by Gasteiger charge is 2.34. The molecule has 0 unspecified atom stereocenters. The Hall–Kier alpha value is -4.27. The van der Waals surface area contributed by atoms with Crippen molar-refractivity contribution in [1.29, 1.82) is 0 Å². The molecule has 9 nitrogen and oxygen atoms in total. The third-order valence-electron chi connectivity index (χ3n) is 4.72. The van der Waals surface area contributed by atoms with E-state index in [0.29, 0.717) is 30.1 Å². The van der Waals surface area contributed by atoms with E-state index in [4.69, 9.17) is 13.9 Å². The number of carbonyl (C=O) groups excluding carboxylic acids is 3. The minimum absolute atomic E-state index is 0.0177. The number of hydrogen-bond donors (Lipinski definition) is 1. The van der Waals surface area contributed by atoms with Crippen molar-refractivity contribution in [2.24, 2.45) is 0 Å². The molecule has 3 rings (SSSR count). The molecule has 1 fully saturated rings. The summed E-state index contributed by atoms with van der Waals surface area (Å²) in [7, 11) is 2.74. The van der Waals surface area contributed by atoms with Gasteiger partial charge in [-0.15, -0.1) is 6.58 Å². The lowest BCUT2D eigenvalue weighted by atomic mass is 10.0. The number of nitrogens with one attached hydrogen (secondary N) is 1. The fourth-order valence-electron chi connectivity index (χ4n) is 3.24. The van der Waals surface area contributed by atoms with Crippen LogP contribution in [0.1, 0.15) is 27.4 Å². The molecule has 1 aliphatic rings. The first-order valence-corrected chi connectivity index (χ1v) is 9.98. The van der Waals surface area contributed by atoms with Gasteiger partial charge in [0, 0.05) is 5.56 Å². The molecule has 1 N–H and O–H groups in total. The molecule has 1 aromatic heterocycles. The van der Waals surface area contributed by atoms with Crippen LogP contribution < -0.4 is 14.8 Å². The van der Waals surface area contributed by atoms with E-state index < -0.39 is 17.9 Å². The normalized spacial score (nSPS) is 14.2. The summed E-state index contributed by atoms with van der Waals surface area (Å²) in [4.78, 5) is 37.8. The van der Waals surface area contributed by atoms with Crippen molar-refractivity contribution in [1.82, 2.24) is 10.2 Å². The molecular formula is C24H24N2O7. The first kappa shape index (κ1) is 23.4. The number of urea groups is 1. The molecule has 1 aromatic carbocycles. The number of imide groups is 1. The summed E-state index contributed by atoms with van der Waals surface area (Å²) >= 11 is 0. The number of amides is 3. The number of methoxy groups -OCH3 is 2. The van der Waals surface area contributed by atoms with Gasteiger partial charge >= 0.3 is 12.0 Å². The Kier molecular flexibility index (Phi) is 7.34. The lowest BCUT2D eigenvalue weighted by Crippen LogP contribution is -2.30. The van der Waals surface area contributed by atoms with E-state index in [2.05, 4.69) is 23.2 Å². The molecule has 0 bridgehead atoms. The monoisotopic (exact) mass is 452 g/mol. The SMILES string of the molecule is C=CCOc1c(CC=C)cc(/C=C2\NC(=O)N(Cc3ccc(C(=O)OC)o3)C2=O)cc1OC. The van der Waals surface area contributed by atoms with Gasteiger partial charge in [0.15, 0.2) is 11.5 Å². The van der Waals surface area contributed by atoms with Crippen LogP contribution in [0.15, 0.2) is 59.7 Å². The lowest BCUT2D eigenvalue weighted by Gasteiger charge is -2.15. The number of furan rings is 1. The molecule has 0 saturated carbocycles. The third kappa shape index (κ3) is 5.15. The molecular weight excluding hydrogens is 428 g/mol. The summed E-state index contributed by atoms with van der Waals surface area (Å²) in [6.45, 7) is 7.58. The van der Waals surface area contributed by atoms with Crippen LogP contribution in [0.25, 0.3) is 6.08 Å². The topological polar surface area (TPSA) is 107 Å². The number of nitrogens with zero attached hydrogens (tertiary/aromatic N) is 1. The molecule has 9 heteroatoms. The molecule has 2 heterocycles. The van der Waals surface area contributed by atoms with Gasteiger partial charge < -0.3 is 23.9 Å². The number of benzene rings is 1. The summed E-state index contributed by atoms with van der Waals surface area (Å²) in [6, 6.07) is 5.84. The Morgan fingerprint density at radius 2 is 1.97 bits per heavy atom. The van der Waals surface area contributed by atoms with Gasteiger partial charge in [0.25, 0.3) is 5.91 Å². The number of hydrogen-bond acceptors (Lipinski definition) is 7. The first-order valence-electron chi connectivity index (χ1n) is 9.98. The predicted octanol–water partition coefficient (Wildman–Crippen LogP) is 3.46. The standard InChI is InChI=1S/C24H24N2O7/c1-5-7-16-11-15(13-20(30-3)21(16)32-10-6-2)12-18-22(27)26(24(29)25-18)14-17-8-9-19(33-17)23(28)31-4/h5-6,8-9,11-13H,1-2,7,10,14H2,3-4H3,(H,25,29)/b18-12-. The van der Waals surface area contributed by atoms with E-state index in [1.54, 1.807) is 24.3 Å². The van der Waals surface area contributed by atoms with E-state index in [1.165, 1.54) is 26.4 Å². The average Bonchev–Trinajstić information content (AvgIpc) is 3.38. The Morgan fingerprint density at radius 3 is 2.64 bits per heavy atom. The van der Waals surface area contributed by atoms with Crippen molar-refractivity contribution in [2.75, 3.05) is 20.8 Å². The van der Waals surface area contributed by atoms with Gasteiger partial charge in [0.2, 0.25) is 5.76 Å². The van der Waals surface area contributed by atoms with Gasteiger partial charge in [-0.25, -0.2) is 9.59 Å². The van der Waals surface area contributed by atoms with Crippen molar-refractivity contribution >= 4 is 24.0 Å². The van der Waals surface area contributed by atoms with Gasteiger partial charge in [0.1, 0.15) is 18.1 Å². The van der Waals surface area contributed by atoms with Gasteiger partial charge in [-0.1, -0.05) is 18.7 Å². The molecule has 3 amide bonds. The van der Waals surface area contributed by atoms with Crippen LogP contribution in [0.4, 0.5) is 4.79 Å². The molecule has 1 aliphatic heterocycles. The maximum atomic E-state index is 12.9. The minimum Gasteiger partial charge on any atom is -0.493 e. The molecule has 0 radical (unpaired) electrons. The summed E-state index contributed by atoms with van der Waals surface area (Å²) in [5.41, 5.74) is 1.52. The van der Waals surface area contributed by atoms with Crippen LogP contribution in [0, 0.1) is 0 Å². The highest BCUT2D eigenvalue weighted by molar-refractivity contribution is 6.13. The summed E-state index contributed by atoms with van der Waals surface area (Å²) in [6.07, 6.45) is 5.41. The molecule has 1 saturated heterocycles. The van der Waals surface area contributed by atoms with Gasteiger partial charge in [-0.2, -0.15) is 0 Å². The Bertz CT molecular complexity index is 1130. The van der Waals surface area contributed by atoms with Crippen molar-refractivity contribution in [3.8, 4) is 11.5 Å². The second-order valence-corrected chi connectivity index (χ2v) is 6.94. The largest absolute Gasteiger partial charge is 0.493 e. The number of rotatable bonds is 10. The third-order valence-corrected chi connectivity index (χ3v) is 4.72. The van der Waals surface area contributed by atoms with Crippen molar-refractivity contribution < 1.29 is 33.0 Å². The fraction of sp³-hybridized carbons (Fsp3) is 0.208. The zero-order chi connectivity index (χ0) is 24.0. The molecule has 0 aliphatic carbocycles. The van der Waals surface area contributed by atoms with Crippen LogP contribution in [0.5, 0.6) is 11.5 Å². The van der Waals surface area contributed by atoms with Crippen LogP contribution in [-0.4, -0.2) is 43.6 Å². The highest BCUT2D eigenvalue weighted by Crippen LogP contribution is 2.34. The van der Waals surface area contributed by atoms with E-state index >= 15 is 0 Å². The first-order chi connectivity index (χ1) is 15.9. The van der Waals surface area contributed by atoms with E-state index in [0.717, 1.165) is 10.5 Å². The molecule has 172 valence electrons. The molecule has 0 atom stereocenters. The molecule has 2 aromatic rings. The van der Waals surface area contributed by atoms with Crippen molar-refractivity contribution in [2.45, 2.75) is 13.0 Å². The molecule has 0 spiro atoms. The zero-order valence-electron chi connectivity index (χ0n) is 18.4. The number of allylic oxidation sites excluding steroid dienone is 1. The fourth-order valence-corrected chi connectivity index (χ4v) is 3.24. The van der Waals surface area contributed by atoms with Crippen LogP contribution >= 0.6 is 0 Å². The summed E-state index contributed by atoms with van der Waals surface area (Å²) in [5.74, 6) is 0.0931. The number of ether oxygens (including phenoxy) is 3. The van der Waals surface area contributed by atoms with Gasteiger partial charge in [-0.3, -0.25) is 9.69 Å². The minimum atomic E-state index is -0.649. The highest BCUT2D eigenvalue weighted by atomic mass is 16.5. The van der Waals surface area contributed by atoms with E-state index in [9.17, 15) is 14.4 Å². The van der Waals surface area contributed by atoms with Gasteiger partial charge in [0.05, 0.1) is 20.8 Å². The van der Waals surface area contributed by atoms with E-state index in [-0.39, 0.29) is 23.8 Å². The smallest absolute Gasteiger partial charge is 0.373 e. The average molecular weight is 452 g/mol. The van der Waals surface area contributed by atoms with Crippen LogP contribution in [0.2, 0.25) is 0 Å². The number of carbonyl (C=O) groups is 3. The maximum absolute atomic E-state index is 12.9. The second-order valence-electron chi connectivity index (χ2n) is 6.94. The van der Waals surface area contributed by atoms with E-state index in [1.807, 2.05) is 6.07 Å². The van der Waals surface area contributed by atoms with Crippen LogP contribution in [0.3, 0.4) is 0 Å². The summed E-state index contributed by atoms with van der Waals surface area (Å²) < 4.78 is 21.1. The zero-order valence-corrected chi connectivity index (χ0v) is 18.4. The quantitative estimate of drug-likeness (QED) is 0.255. The van der Waals surface area contributed by atoms with Gasteiger partial charge in [-0.05, 0) is 42.3 Å². The second kappa shape index (κ2) is 10.4. The Morgan fingerprint density at radius 1 is 1.18 bits per heavy atom. The lowest BCUT2D eigenvalue weighted by molar-refractivity contribution is -0.123. The van der Waals surface area contributed by atoms with Crippen molar-refractivity contribution in [3.63, 3.8) is 0 Å². The predicted molar refractivity (Wildman–Crippen MR) is 120 cm³/mol. The molecule has 33 heavy (non-hydrogen) atoms. The van der Waals surface area contributed by atoms with Crippen LogP contribution in [-0.2, 0) is 22.5 Å². The van der Waals surface area contributed by atoms with Crippen molar-refractivity contribution in [3.05, 3.63) is 77.9 Å². The Labute approximate surface area is 190 Å². The summed E-state index contributed by atoms with van der Waals surface area (Å²) in [5, 5.41) is 2.56. The Balaban J connectivity index is 1.86.